The van der Waals surface area contributed by atoms with E-state index in [0.29, 0.717) is 6.04 Å². The molecule has 19 heavy (non-hydrogen) atoms. The molecule has 0 saturated heterocycles. The summed E-state index contributed by atoms with van der Waals surface area (Å²) in [6, 6.07) is 6.93. The van der Waals surface area contributed by atoms with E-state index in [-0.39, 0.29) is 0 Å². The number of thioether (sulfide) groups is 1. The maximum Gasteiger partial charge on any atom is 0.190 e. The molecule has 0 amide bonds. The van der Waals surface area contributed by atoms with Gasteiger partial charge in [0.15, 0.2) is 5.16 Å². The normalized spacial score (nSPS) is 12.6. The van der Waals surface area contributed by atoms with Crippen LogP contribution in [0.1, 0.15) is 22.7 Å². The quantitative estimate of drug-likeness (QED) is 0.852. The average Bonchev–Trinajstić information content (AvgIpc) is 2.78. The number of nitrogens with zero attached hydrogens (tertiary/aromatic N) is 3. The highest BCUT2D eigenvalue weighted by molar-refractivity contribution is 7.99. The Kier molecular flexibility index (Phi) is 4.61. The second kappa shape index (κ2) is 6.21. The number of benzene rings is 1. The summed E-state index contributed by atoms with van der Waals surface area (Å²) in [5.41, 5.74) is 3.98. The second-order valence-electron chi connectivity index (χ2n) is 4.74. The fourth-order valence-electron chi connectivity index (χ4n) is 2.11. The number of hydrogen-bond acceptors (Lipinski definition) is 4. The molecule has 1 aromatic heterocycles. The van der Waals surface area contributed by atoms with Gasteiger partial charge in [0.05, 0.1) is 0 Å². The molecule has 0 aliphatic heterocycles. The molecule has 0 aliphatic carbocycles. The lowest BCUT2D eigenvalue weighted by molar-refractivity contribution is 0.655. The van der Waals surface area contributed by atoms with Crippen molar-refractivity contribution in [2.75, 3.05) is 12.8 Å². The van der Waals surface area contributed by atoms with Crippen molar-refractivity contribution in [2.24, 2.45) is 7.05 Å². The largest absolute Gasteiger partial charge is 0.312 e. The van der Waals surface area contributed by atoms with Crippen molar-refractivity contribution in [2.45, 2.75) is 25.0 Å². The molecule has 1 heterocycles. The summed E-state index contributed by atoms with van der Waals surface area (Å²) in [5.74, 6) is 0.937. The van der Waals surface area contributed by atoms with Gasteiger partial charge in [0.25, 0.3) is 0 Å². The highest BCUT2D eigenvalue weighted by atomic mass is 32.2. The molecule has 0 radical (unpaired) electrons. The summed E-state index contributed by atoms with van der Waals surface area (Å²) in [6.45, 7) is 4.29. The van der Waals surface area contributed by atoms with E-state index in [0.717, 1.165) is 10.9 Å². The number of aromatic nitrogens is 3. The summed E-state index contributed by atoms with van der Waals surface area (Å²) in [5, 5.41) is 12.3. The molecule has 2 aromatic rings. The zero-order valence-electron chi connectivity index (χ0n) is 11.8. The third-order valence-electron chi connectivity index (χ3n) is 3.20. The van der Waals surface area contributed by atoms with Crippen molar-refractivity contribution in [3.05, 3.63) is 41.2 Å². The van der Waals surface area contributed by atoms with E-state index in [1.807, 2.05) is 18.7 Å². The monoisotopic (exact) mass is 276 g/mol. The third kappa shape index (κ3) is 3.36. The van der Waals surface area contributed by atoms with Crippen LogP contribution in [0.3, 0.4) is 0 Å². The Balaban J connectivity index is 2.10. The van der Waals surface area contributed by atoms with Gasteiger partial charge < -0.3 is 9.88 Å². The number of aryl methyl sites for hydroxylation is 3. The molecule has 1 N–H and O–H groups in total. The number of nitrogens with one attached hydrogen (secondary N) is 1. The summed E-state index contributed by atoms with van der Waals surface area (Å²) < 4.78 is 1.94. The van der Waals surface area contributed by atoms with Crippen LogP contribution in [0.2, 0.25) is 0 Å². The fourth-order valence-corrected chi connectivity index (χ4v) is 3.12. The summed E-state index contributed by atoms with van der Waals surface area (Å²) >= 11 is 1.72. The van der Waals surface area contributed by atoms with Crippen LogP contribution in [0, 0.1) is 13.8 Å². The molecule has 0 saturated carbocycles. The Morgan fingerprint density at radius 2 is 2.16 bits per heavy atom. The smallest absolute Gasteiger partial charge is 0.190 e. The van der Waals surface area contributed by atoms with Crippen LogP contribution in [0.15, 0.2) is 29.7 Å². The Labute approximate surface area is 118 Å². The van der Waals surface area contributed by atoms with Gasteiger partial charge in [-0.05, 0) is 32.0 Å². The number of hydrogen-bond donors (Lipinski definition) is 1. The van der Waals surface area contributed by atoms with Crippen LogP contribution in [0.25, 0.3) is 0 Å². The molecular formula is C14H20N4S. The molecule has 0 spiro atoms. The average molecular weight is 276 g/mol. The summed E-state index contributed by atoms with van der Waals surface area (Å²) in [7, 11) is 3.97. The van der Waals surface area contributed by atoms with Gasteiger partial charge >= 0.3 is 0 Å². The van der Waals surface area contributed by atoms with Crippen molar-refractivity contribution in [3.63, 3.8) is 0 Å². The molecule has 2 rings (SSSR count). The molecule has 1 atom stereocenters. The maximum atomic E-state index is 4.10. The summed E-state index contributed by atoms with van der Waals surface area (Å²) in [6.07, 6.45) is 1.73. The Hall–Kier alpha value is -1.33. The van der Waals surface area contributed by atoms with Crippen LogP contribution < -0.4 is 5.32 Å². The van der Waals surface area contributed by atoms with E-state index in [9.17, 15) is 0 Å². The molecule has 0 bridgehead atoms. The second-order valence-corrected chi connectivity index (χ2v) is 5.72. The molecule has 4 nitrogen and oxygen atoms in total. The van der Waals surface area contributed by atoms with Gasteiger partial charge in [-0.2, -0.15) is 0 Å². The van der Waals surface area contributed by atoms with E-state index in [2.05, 4.69) is 47.6 Å². The Bertz CT molecular complexity index is 550. The zero-order chi connectivity index (χ0) is 13.8. The van der Waals surface area contributed by atoms with Gasteiger partial charge in [-0.25, -0.2) is 0 Å². The predicted molar refractivity (Wildman–Crippen MR) is 79.4 cm³/mol. The third-order valence-corrected chi connectivity index (χ3v) is 4.33. The lowest BCUT2D eigenvalue weighted by Gasteiger charge is -2.18. The molecule has 102 valence electrons. The van der Waals surface area contributed by atoms with E-state index >= 15 is 0 Å². The number of rotatable bonds is 5. The molecule has 1 aromatic carbocycles. The van der Waals surface area contributed by atoms with Gasteiger partial charge in [0.2, 0.25) is 0 Å². The Morgan fingerprint density at radius 3 is 2.74 bits per heavy atom. The van der Waals surface area contributed by atoms with E-state index < -0.39 is 0 Å². The Morgan fingerprint density at radius 1 is 1.37 bits per heavy atom. The molecule has 0 aliphatic rings. The van der Waals surface area contributed by atoms with Crippen LogP contribution in [-0.4, -0.2) is 27.6 Å². The molecule has 1 unspecified atom stereocenters. The van der Waals surface area contributed by atoms with Crippen molar-refractivity contribution in [1.82, 2.24) is 20.1 Å². The molecular weight excluding hydrogens is 256 g/mol. The minimum Gasteiger partial charge on any atom is -0.312 e. The van der Waals surface area contributed by atoms with Crippen LogP contribution >= 0.6 is 11.8 Å². The van der Waals surface area contributed by atoms with Gasteiger partial charge in [-0.15, -0.1) is 10.2 Å². The fraction of sp³-hybridized carbons (Fsp3) is 0.429. The first kappa shape index (κ1) is 14.1. The first-order valence-electron chi connectivity index (χ1n) is 6.33. The van der Waals surface area contributed by atoms with Gasteiger partial charge in [-0.3, -0.25) is 0 Å². The van der Waals surface area contributed by atoms with Crippen molar-refractivity contribution < 1.29 is 0 Å². The highest BCUT2D eigenvalue weighted by Crippen LogP contribution is 2.25. The summed E-state index contributed by atoms with van der Waals surface area (Å²) in [4.78, 5) is 0. The van der Waals surface area contributed by atoms with Gasteiger partial charge in [0.1, 0.15) is 6.33 Å². The van der Waals surface area contributed by atoms with Crippen LogP contribution in [0.4, 0.5) is 0 Å². The predicted octanol–water partition coefficient (Wildman–Crippen LogP) is 2.48. The maximum absolute atomic E-state index is 4.10. The first-order chi connectivity index (χ1) is 9.11. The lowest BCUT2D eigenvalue weighted by atomic mass is 10.0. The SMILES string of the molecule is CNC(CSc1nncn1C)c1ccc(C)cc1C. The zero-order valence-corrected chi connectivity index (χ0v) is 12.7. The van der Waals surface area contributed by atoms with Gasteiger partial charge in [0, 0.05) is 18.8 Å². The minimum absolute atomic E-state index is 0.322. The van der Waals surface area contributed by atoms with E-state index in [4.69, 9.17) is 0 Å². The van der Waals surface area contributed by atoms with Gasteiger partial charge in [-0.1, -0.05) is 35.5 Å². The highest BCUT2D eigenvalue weighted by Gasteiger charge is 2.13. The standard InChI is InChI=1S/C14H20N4S/c1-10-5-6-12(11(2)7-10)13(15-3)8-19-14-17-16-9-18(14)4/h5-7,9,13,15H,8H2,1-4H3. The molecule has 0 fully saturated rings. The minimum atomic E-state index is 0.322. The topological polar surface area (TPSA) is 42.7 Å². The van der Waals surface area contributed by atoms with E-state index in [1.165, 1.54) is 16.7 Å². The molecule has 5 heteroatoms. The van der Waals surface area contributed by atoms with Crippen molar-refractivity contribution >= 4 is 11.8 Å². The van der Waals surface area contributed by atoms with E-state index in [1.54, 1.807) is 18.1 Å². The van der Waals surface area contributed by atoms with Crippen LogP contribution in [0.5, 0.6) is 0 Å². The first-order valence-corrected chi connectivity index (χ1v) is 7.31. The van der Waals surface area contributed by atoms with Crippen molar-refractivity contribution in [3.8, 4) is 0 Å². The lowest BCUT2D eigenvalue weighted by Crippen LogP contribution is -2.20. The van der Waals surface area contributed by atoms with Crippen LogP contribution in [-0.2, 0) is 7.05 Å². The van der Waals surface area contributed by atoms with Crippen molar-refractivity contribution in [1.29, 1.82) is 0 Å².